The fourth-order valence-corrected chi connectivity index (χ4v) is 3.76. The normalized spacial score (nSPS) is 26.3. The van der Waals surface area contributed by atoms with E-state index in [0.717, 1.165) is 32.2 Å². The van der Waals surface area contributed by atoms with Crippen LogP contribution in [-0.4, -0.2) is 40.1 Å². The number of aromatic nitrogens is 2. The number of carbonyl (C=O) groups is 1. The van der Waals surface area contributed by atoms with Gasteiger partial charge in [-0.2, -0.15) is 5.10 Å². The Balaban J connectivity index is 2.42. The molecule has 1 saturated carbocycles. The summed E-state index contributed by atoms with van der Waals surface area (Å²) in [5.41, 5.74) is 0.147. The van der Waals surface area contributed by atoms with E-state index in [1.165, 1.54) is 6.42 Å². The highest BCUT2D eigenvalue weighted by Crippen LogP contribution is 2.39. The lowest BCUT2D eigenvalue weighted by molar-refractivity contribution is 0.0475. The molecule has 118 valence electrons. The summed E-state index contributed by atoms with van der Waals surface area (Å²) in [6.45, 7) is 5.04. The molecule has 4 nitrogen and oxygen atoms in total. The summed E-state index contributed by atoms with van der Waals surface area (Å²) in [6.07, 6.45) is 6.61. The van der Waals surface area contributed by atoms with E-state index in [1.54, 1.807) is 10.9 Å². The fourth-order valence-electron chi connectivity index (χ4n) is 3.53. The van der Waals surface area contributed by atoms with Gasteiger partial charge in [0.15, 0.2) is 0 Å². The van der Waals surface area contributed by atoms with E-state index in [4.69, 9.17) is 11.6 Å². The predicted octanol–water partition coefficient (Wildman–Crippen LogP) is 3.64. The Labute approximate surface area is 132 Å². The minimum atomic E-state index is -0.438. The largest absolute Gasteiger partial charge is 0.297 e. The maximum absolute atomic E-state index is 13.3. The molecule has 2 unspecified atom stereocenters. The summed E-state index contributed by atoms with van der Waals surface area (Å²) in [6, 6.07) is 0. The minimum Gasteiger partial charge on any atom is -0.297 e. The maximum Gasteiger partial charge on any atom is 0.202 e. The van der Waals surface area contributed by atoms with Gasteiger partial charge in [-0.25, -0.2) is 0 Å². The van der Waals surface area contributed by atoms with Crippen LogP contribution in [0.2, 0.25) is 5.02 Å². The van der Waals surface area contributed by atoms with Gasteiger partial charge in [-0.15, -0.1) is 0 Å². The van der Waals surface area contributed by atoms with Crippen LogP contribution >= 0.6 is 11.6 Å². The van der Waals surface area contributed by atoms with Crippen LogP contribution < -0.4 is 0 Å². The van der Waals surface area contributed by atoms with Crippen molar-refractivity contribution in [2.75, 3.05) is 14.1 Å². The smallest absolute Gasteiger partial charge is 0.202 e. The zero-order valence-corrected chi connectivity index (χ0v) is 14.3. The lowest BCUT2D eigenvalue weighted by Gasteiger charge is -2.43. The summed E-state index contributed by atoms with van der Waals surface area (Å²) in [7, 11) is 4.01. The molecule has 1 aromatic heterocycles. The van der Waals surface area contributed by atoms with Crippen LogP contribution in [0.15, 0.2) is 6.20 Å². The second kappa shape index (κ2) is 6.49. The number of Topliss-reactive ketones (excluding diaryl/α,β-unsaturated/α-hetero) is 1. The van der Waals surface area contributed by atoms with Gasteiger partial charge in [0.25, 0.3) is 0 Å². The van der Waals surface area contributed by atoms with Crippen molar-refractivity contribution in [3.8, 4) is 0 Å². The van der Waals surface area contributed by atoms with E-state index < -0.39 is 5.54 Å². The molecule has 1 aromatic rings. The second-order valence-corrected chi connectivity index (χ2v) is 6.93. The highest BCUT2D eigenvalue weighted by molar-refractivity contribution is 6.34. The van der Waals surface area contributed by atoms with Gasteiger partial charge in [0, 0.05) is 6.54 Å². The van der Waals surface area contributed by atoms with Crippen LogP contribution in [0.5, 0.6) is 0 Å². The molecule has 2 atom stereocenters. The molecule has 0 N–H and O–H groups in total. The Hall–Kier alpha value is -0.870. The van der Waals surface area contributed by atoms with Gasteiger partial charge in [0.05, 0.1) is 16.8 Å². The van der Waals surface area contributed by atoms with Crippen molar-refractivity contribution >= 4 is 17.4 Å². The van der Waals surface area contributed by atoms with E-state index in [0.29, 0.717) is 16.6 Å². The molecule has 0 radical (unpaired) electrons. The van der Waals surface area contributed by atoms with Gasteiger partial charge in [-0.1, -0.05) is 38.3 Å². The van der Waals surface area contributed by atoms with Crippen molar-refractivity contribution in [1.29, 1.82) is 0 Å². The van der Waals surface area contributed by atoms with Crippen LogP contribution in [0.1, 0.15) is 56.4 Å². The molecule has 21 heavy (non-hydrogen) atoms. The fraction of sp³-hybridized carbons (Fsp3) is 0.750. The molecule has 0 bridgehead atoms. The minimum absolute atomic E-state index is 0.134. The number of likely N-dealkylation sites (N-methyl/N-ethyl adjacent to an activating group) is 1. The molecule has 0 aromatic carbocycles. The van der Waals surface area contributed by atoms with Crippen LogP contribution in [-0.2, 0) is 6.54 Å². The van der Waals surface area contributed by atoms with Crippen LogP contribution in [0.4, 0.5) is 0 Å². The summed E-state index contributed by atoms with van der Waals surface area (Å²) in [4.78, 5) is 15.4. The third-order valence-corrected chi connectivity index (χ3v) is 4.97. The van der Waals surface area contributed by atoms with Crippen molar-refractivity contribution in [2.45, 2.75) is 58.0 Å². The van der Waals surface area contributed by atoms with Crippen molar-refractivity contribution in [3.05, 3.63) is 16.9 Å². The van der Waals surface area contributed by atoms with Gasteiger partial charge in [-0.05, 0) is 39.3 Å². The average Bonchev–Trinajstić information content (AvgIpc) is 2.79. The SMILES string of the molecule is CCCn1ncc(Cl)c1C(=O)C1(N(C)C)CCCC(C)C1. The molecule has 1 aliphatic carbocycles. The first kappa shape index (κ1) is 16.5. The van der Waals surface area contributed by atoms with Crippen molar-refractivity contribution in [1.82, 2.24) is 14.7 Å². The Morgan fingerprint density at radius 3 is 2.86 bits per heavy atom. The molecule has 1 fully saturated rings. The Bertz CT molecular complexity index is 512. The topological polar surface area (TPSA) is 38.1 Å². The summed E-state index contributed by atoms with van der Waals surface area (Å²) < 4.78 is 1.77. The Morgan fingerprint density at radius 1 is 1.57 bits per heavy atom. The van der Waals surface area contributed by atoms with Crippen LogP contribution in [0.25, 0.3) is 0 Å². The quantitative estimate of drug-likeness (QED) is 0.779. The summed E-state index contributed by atoms with van der Waals surface area (Å²) in [5, 5.41) is 4.76. The van der Waals surface area contributed by atoms with E-state index in [9.17, 15) is 4.79 Å². The molecule has 1 aliphatic rings. The van der Waals surface area contributed by atoms with E-state index in [-0.39, 0.29) is 5.78 Å². The zero-order chi connectivity index (χ0) is 15.6. The highest BCUT2D eigenvalue weighted by Gasteiger charge is 2.45. The predicted molar refractivity (Wildman–Crippen MR) is 85.9 cm³/mol. The van der Waals surface area contributed by atoms with Crippen LogP contribution in [0, 0.1) is 5.92 Å². The van der Waals surface area contributed by atoms with Crippen molar-refractivity contribution < 1.29 is 4.79 Å². The monoisotopic (exact) mass is 311 g/mol. The van der Waals surface area contributed by atoms with Gasteiger partial charge in [0.1, 0.15) is 5.69 Å². The van der Waals surface area contributed by atoms with E-state index in [1.807, 2.05) is 14.1 Å². The molecular weight excluding hydrogens is 286 g/mol. The number of carbonyl (C=O) groups excluding carboxylic acids is 1. The second-order valence-electron chi connectivity index (χ2n) is 6.52. The lowest BCUT2D eigenvalue weighted by Crippen LogP contribution is -2.54. The molecule has 0 amide bonds. The number of nitrogens with zero attached hydrogens (tertiary/aromatic N) is 3. The number of hydrogen-bond acceptors (Lipinski definition) is 3. The molecule has 1 heterocycles. The average molecular weight is 312 g/mol. The number of aryl methyl sites for hydroxylation is 1. The molecule has 5 heteroatoms. The highest BCUT2D eigenvalue weighted by atomic mass is 35.5. The van der Waals surface area contributed by atoms with Gasteiger partial charge >= 0.3 is 0 Å². The standard InChI is InChI=1S/C16H26ClN3O/c1-5-9-20-14(13(17)11-18-20)15(21)16(19(3)4)8-6-7-12(2)10-16/h11-12H,5-10H2,1-4H3. The van der Waals surface area contributed by atoms with Crippen LogP contribution in [0.3, 0.4) is 0 Å². The summed E-state index contributed by atoms with van der Waals surface area (Å²) in [5.74, 6) is 0.696. The van der Waals surface area contributed by atoms with E-state index >= 15 is 0 Å². The molecule has 2 rings (SSSR count). The summed E-state index contributed by atoms with van der Waals surface area (Å²) >= 11 is 6.28. The van der Waals surface area contributed by atoms with Crippen molar-refractivity contribution in [3.63, 3.8) is 0 Å². The first-order chi connectivity index (χ1) is 9.92. The van der Waals surface area contributed by atoms with Gasteiger partial charge in [0.2, 0.25) is 5.78 Å². The molecule has 0 aliphatic heterocycles. The third-order valence-electron chi connectivity index (χ3n) is 4.70. The lowest BCUT2D eigenvalue weighted by atomic mass is 9.72. The van der Waals surface area contributed by atoms with Gasteiger partial charge in [-0.3, -0.25) is 14.4 Å². The molecule has 0 saturated heterocycles. The third kappa shape index (κ3) is 3.02. The molecular formula is C16H26ClN3O. The van der Waals surface area contributed by atoms with Gasteiger partial charge < -0.3 is 0 Å². The number of rotatable bonds is 5. The first-order valence-corrected chi connectivity index (χ1v) is 8.23. The number of hydrogen-bond donors (Lipinski definition) is 0. The zero-order valence-electron chi connectivity index (χ0n) is 13.5. The van der Waals surface area contributed by atoms with Crippen molar-refractivity contribution in [2.24, 2.45) is 5.92 Å². The maximum atomic E-state index is 13.3. The van der Waals surface area contributed by atoms with E-state index in [2.05, 4.69) is 23.8 Å². The molecule has 0 spiro atoms. The number of halogens is 1. The Morgan fingerprint density at radius 2 is 2.29 bits per heavy atom. The number of ketones is 1. The Kier molecular flexibility index (Phi) is 5.10. The first-order valence-electron chi connectivity index (χ1n) is 7.86.